The molecule has 7 heteroatoms. The van der Waals surface area contributed by atoms with Gasteiger partial charge >= 0.3 is 6.09 Å². The number of hydrogen-bond donors (Lipinski definition) is 1. The zero-order valence-corrected chi connectivity index (χ0v) is 20.0. The van der Waals surface area contributed by atoms with Crippen molar-refractivity contribution in [2.75, 3.05) is 6.54 Å². The number of nitrogens with one attached hydrogen (secondary N) is 1. The first-order valence-corrected chi connectivity index (χ1v) is 11.0. The molecule has 0 fully saturated rings. The fraction of sp³-hybridized carbons (Fsp3) is 0.346. The van der Waals surface area contributed by atoms with Crippen LogP contribution in [0.15, 0.2) is 54.6 Å². The summed E-state index contributed by atoms with van der Waals surface area (Å²) in [4.78, 5) is 30.0. The molecule has 0 aliphatic heterocycles. The number of amides is 2. The lowest BCUT2D eigenvalue weighted by atomic mass is 10.1. The van der Waals surface area contributed by atoms with E-state index in [0.717, 1.165) is 16.5 Å². The van der Waals surface area contributed by atoms with Crippen molar-refractivity contribution in [3.8, 4) is 17.4 Å². The molecular weight excluding hydrogens is 418 g/mol. The van der Waals surface area contributed by atoms with Crippen molar-refractivity contribution in [3.63, 3.8) is 0 Å². The summed E-state index contributed by atoms with van der Waals surface area (Å²) in [7, 11) is 0. The average molecular weight is 450 g/mol. The van der Waals surface area contributed by atoms with E-state index < -0.39 is 0 Å². The van der Waals surface area contributed by atoms with Crippen LogP contribution in [0.2, 0.25) is 0 Å². The summed E-state index contributed by atoms with van der Waals surface area (Å²) in [5, 5.41) is 3.84. The Morgan fingerprint density at radius 2 is 1.70 bits per heavy atom. The van der Waals surface area contributed by atoms with Crippen molar-refractivity contribution in [1.29, 1.82) is 0 Å². The summed E-state index contributed by atoms with van der Waals surface area (Å²) < 4.78 is 11.4. The maximum atomic E-state index is 12.5. The molecule has 1 aromatic heterocycles. The summed E-state index contributed by atoms with van der Waals surface area (Å²) in [5.74, 6) is 1.42. The van der Waals surface area contributed by atoms with Crippen molar-refractivity contribution < 1.29 is 19.1 Å². The lowest BCUT2D eigenvalue weighted by Gasteiger charge is -2.33. The van der Waals surface area contributed by atoms with Gasteiger partial charge in [-0.3, -0.25) is 4.79 Å². The van der Waals surface area contributed by atoms with E-state index in [1.54, 1.807) is 35.2 Å². The minimum absolute atomic E-state index is 0.0675. The smallest absolute Gasteiger partial charge is 0.415 e. The van der Waals surface area contributed by atoms with E-state index in [-0.39, 0.29) is 23.6 Å². The summed E-state index contributed by atoms with van der Waals surface area (Å²) in [6, 6.07) is 16.4. The standard InChI is InChI=1S/C26H31N3O4/c1-7-29(26(4,5)6)25(31)33-22-12-10-21(11-13-22)32-24-15-9-20-16-19(8-14-23(20)28-24)17(2)27-18(3)30/h8-17H,7H2,1-6H3,(H,27,30). The number of aromatic nitrogens is 1. The number of benzene rings is 2. The Balaban J connectivity index is 1.68. The topological polar surface area (TPSA) is 80.8 Å². The molecule has 1 heterocycles. The fourth-order valence-electron chi connectivity index (χ4n) is 3.57. The highest BCUT2D eigenvalue weighted by Crippen LogP contribution is 2.26. The molecule has 3 aromatic rings. The molecule has 1 unspecified atom stereocenters. The van der Waals surface area contributed by atoms with Crippen LogP contribution in [0.3, 0.4) is 0 Å². The maximum Gasteiger partial charge on any atom is 0.415 e. The zero-order chi connectivity index (χ0) is 24.2. The van der Waals surface area contributed by atoms with Crippen LogP contribution in [0.1, 0.15) is 53.1 Å². The second-order valence-corrected chi connectivity index (χ2v) is 8.88. The zero-order valence-electron chi connectivity index (χ0n) is 20.0. The van der Waals surface area contributed by atoms with Crippen molar-refractivity contribution in [3.05, 3.63) is 60.2 Å². The molecule has 7 nitrogen and oxygen atoms in total. The van der Waals surface area contributed by atoms with Crippen LogP contribution >= 0.6 is 0 Å². The highest BCUT2D eigenvalue weighted by atomic mass is 16.6. The Hall–Kier alpha value is -3.61. The fourth-order valence-corrected chi connectivity index (χ4v) is 3.57. The van der Waals surface area contributed by atoms with Gasteiger partial charge < -0.3 is 19.7 Å². The van der Waals surface area contributed by atoms with Gasteiger partial charge in [-0.2, -0.15) is 0 Å². The Labute approximate surface area is 194 Å². The van der Waals surface area contributed by atoms with Gasteiger partial charge in [0.05, 0.1) is 11.6 Å². The first-order valence-electron chi connectivity index (χ1n) is 11.0. The van der Waals surface area contributed by atoms with Crippen LogP contribution < -0.4 is 14.8 Å². The number of nitrogens with zero attached hydrogens (tertiary/aromatic N) is 2. The SMILES string of the molecule is CCN(C(=O)Oc1ccc(Oc2ccc3cc(C(C)NC(C)=O)ccc3n2)cc1)C(C)(C)C. The van der Waals surface area contributed by atoms with Crippen molar-refractivity contribution in [2.45, 2.75) is 53.1 Å². The predicted octanol–water partition coefficient (Wildman–Crippen LogP) is 5.84. The molecule has 0 saturated carbocycles. The third-order valence-corrected chi connectivity index (χ3v) is 5.21. The number of carbonyl (C=O) groups excluding carboxylic acids is 2. The number of rotatable bonds is 6. The molecule has 0 radical (unpaired) electrons. The Morgan fingerprint density at radius 1 is 1.03 bits per heavy atom. The normalized spacial score (nSPS) is 12.2. The number of carbonyl (C=O) groups is 2. The second-order valence-electron chi connectivity index (χ2n) is 8.88. The van der Waals surface area contributed by atoms with Crippen LogP contribution in [0.25, 0.3) is 10.9 Å². The van der Waals surface area contributed by atoms with Crippen LogP contribution in [-0.2, 0) is 4.79 Å². The molecule has 0 saturated heterocycles. The van der Waals surface area contributed by atoms with Gasteiger partial charge in [0.15, 0.2) is 0 Å². The largest absolute Gasteiger partial charge is 0.439 e. The van der Waals surface area contributed by atoms with E-state index in [1.165, 1.54) is 6.92 Å². The van der Waals surface area contributed by atoms with Gasteiger partial charge in [0.1, 0.15) is 11.5 Å². The number of pyridine rings is 1. The average Bonchev–Trinajstić information content (AvgIpc) is 2.73. The summed E-state index contributed by atoms with van der Waals surface area (Å²) in [6.07, 6.45) is -0.387. The van der Waals surface area contributed by atoms with E-state index in [0.29, 0.717) is 23.9 Å². The van der Waals surface area contributed by atoms with E-state index in [9.17, 15) is 9.59 Å². The van der Waals surface area contributed by atoms with Gasteiger partial charge in [-0.05, 0) is 82.6 Å². The molecule has 1 atom stereocenters. The molecule has 0 bridgehead atoms. The molecule has 1 N–H and O–H groups in total. The third-order valence-electron chi connectivity index (χ3n) is 5.21. The van der Waals surface area contributed by atoms with Crippen molar-refractivity contribution in [2.24, 2.45) is 0 Å². The third kappa shape index (κ3) is 6.22. The number of ether oxygens (including phenoxy) is 2. The van der Waals surface area contributed by atoms with Gasteiger partial charge in [0, 0.05) is 30.5 Å². The summed E-state index contributed by atoms with van der Waals surface area (Å²) in [5.41, 5.74) is 1.48. The van der Waals surface area contributed by atoms with Gasteiger partial charge in [-0.25, -0.2) is 9.78 Å². The lowest BCUT2D eigenvalue weighted by Crippen LogP contribution is -2.46. The van der Waals surface area contributed by atoms with Gasteiger partial charge in [0.25, 0.3) is 0 Å². The number of fused-ring (bicyclic) bond motifs is 1. The molecule has 2 aromatic carbocycles. The van der Waals surface area contributed by atoms with Crippen LogP contribution in [0.4, 0.5) is 4.79 Å². The van der Waals surface area contributed by atoms with Crippen LogP contribution in [-0.4, -0.2) is 34.0 Å². The molecular formula is C26H31N3O4. The quantitative estimate of drug-likeness (QED) is 0.511. The predicted molar refractivity (Wildman–Crippen MR) is 129 cm³/mol. The molecule has 0 aliphatic carbocycles. The lowest BCUT2D eigenvalue weighted by molar-refractivity contribution is -0.119. The van der Waals surface area contributed by atoms with Crippen LogP contribution in [0, 0.1) is 0 Å². The highest BCUT2D eigenvalue weighted by Gasteiger charge is 2.26. The molecule has 2 amide bonds. The van der Waals surface area contributed by atoms with E-state index in [4.69, 9.17) is 9.47 Å². The first-order chi connectivity index (χ1) is 15.6. The van der Waals surface area contributed by atoms with E-state index >= 15 is 0 Å². The highest BCUT2D eigenvalue weighted by molar-refractivity contribution is 5.80. The first kappa shape index (κ1) is 24.0. The minimum Gasteiger partial charge on any atom is -0.439 e. The Bertz CT molecular complexity index is 1140. The number of hydrogen-bond acceptors (Lipinski definition) is 5. The molecule has 0 aliphatic rings. The van der Waals surface area contributed by atoms with Crippen molar-refractivity contribution >= 4 is 22.9 Å². The Morgan fingerprint density at radius 3 is 2.30 bits per heavy atom. The van der Waals surface area contributed by atoms with Crippen molar-refractivity contribution in [1.82, 2.24) is 15.2 Å². The monoisotopic (exact) mass is 449 g/mol. The molecule has 3 rings (SSSR count). The van der Waals surface area contributed by atoms with Crippen LogP contribution in [0.5, 0.6) is 17.4 Å². The van der Waals surface area contributed by atoms with E-state index in [2.05, 4.69) is 10.3 Å². The molecule has 33 heavy (non-hydrogen) atoms. The maximum absolute atomic E-state index is 12.5. The van der Waals surface area contributed by atoms with E-state index in [1.807, 2.05) is 58.9 Å². The molecule has 174 valence electrons. The Kier molecular flexibility index (Phi) is 7.21. The molecule has 0 spiro atoms. The van der Waals surface area contributed by atoms with Gasteiger partial charge in [0.2, 0.25) is 11.8 Å². The van der Waals surface area contributed by atoms with Gasteiger partial charge in [-0.15, -0.1) is 0 Å². The summed E-state index contributed by atoms with van der Waals surface area (Å²) >= 11 is 0. The summed E-state index contributed by atoms with van der Waals surface area (Å²) in [6.45, 7) is 11.8. The van der Waals surface area contributed by atoms with Gasteiger partial charge in [-0.1, -0.05) is 6.07 Å². The minimum atomic E-state index is -0.387. The second kappa shape index (κ2) is 9.90.